The highest BCUT2D eigenvalue weighted by atomic mass is 35.5. The number of nitrogens with one attached hydrogen (secondary N) is 1. The monoisotopic (exact) mass is 621 g/mol. The van der Waals surface area contributed by atoms with Gasteiger partial charge in [0.05, 0.1) is 42.2 Å². The van der Waals surface area contributed by atoms with Crippen molar-refractivity contribution in [2.24, 2.45) is 0 Å². The Balaban J connectivity index is 1.47. The van der Waals surface area contributed by atoms with Gasteiger partial charge in [-0.2, -0.15) is 18.3 Å². The van der Waals surface area contributed by atoms with E-state index in [9.17, 15) is 26.4 Å². The number of aromatic nitrogens is 4. The van der Waals surface area contributed by atoms with Crippen molar-refractivity contribution in [1.82, 2.24) is 19.7 Å². The first-order valence-electron chi connectivity index (χ1n) is 12.7. The summed E-state index contributed by atoms with van der Waals surface area (Å²) in [7, 11) is -3.05. The zero-order valence-corrected chi connectivity index (χ0v) is 24.4. The van der Waals surface area contributed by atoms with Gasteiger partial charge in [0.25, 0.3) is 0 Å². The molecule has 9 nitrogen and oxygen atoms in total. The van der Waals surface area contributed by atoms with Crippen molar-refractivity contribution in [2.45, 2.75) is 44.6 Å². The van der Waals surface area contributed by atoms with E-state index in [0.717, 1.165) is 5.56 Å². The molecule has 1 N–H and O–H groups in total. The second-order valence-electron chi connectivity index (χ2n) is 9.42. The number of anilines is 1. The number of carbonyl (C=O) groups is 1. The second kappa shape index (κ2) is 12.5. The molecular formula is C28H27ClF3N5O4S. The SMILES string of the molecule is COc1ccccc1-c1cc(C(F)(F)F)nc(S(=O)(=O)CCCC(=O)Nc2c(C)nn(Cc3ccc(Cl)cc3)c2C)n1. The largest absolute Gasteiger partial charge is 0.496 e. The fraction of sp³-hybridized carbons (Fsp3) is 0.286. The average Bonchev–Trinajstić information content (AvgIpc) is 3.20. The van der Waals surface area contributed by atoms with Crippen molar-refractivity contribution >= 4 is 33.0 Å². The van der Waals surface area contributed by atoms with E-state index in [1.54, 1.807) is 42.8 Å². The molecule has 14 heteroatoms. The smallest absolute Gasteiger partial charge is 0.433 e. The van der Waals surface area contributed by atoms with Crippen LogP contribution in [0.3, 0.4) is 0 Å². The summed E-state index contributed by atoms with van der Waals surface area (Å²) in [4.78, 5) is 19.9. The van der Waals surface area contributed by atoms with E-state index < -0.39 is 38.5 Å². The zero-order valence-electron chi connectivity index (χ0n) is 22.9. The Kier molecular flexibility index (Phi) is 9.21. The molecule has 2 heterocycles. The van der Waals surface area contributed by atoms with Crippen LogP contribution in [0.5, 0.6) is 5.75 Å². The summed E-state index contributed by atoms with van der Waals surface area (Å²) >= 11 is 5.94. The number of aryl methyl sites for hydroxylation is 1. The number of hydrogen-bond donors (Lipinski definition) is 1. The first-order chi connectivity index (χ1) is 19.8. The molecule has 42 heavy (non-hydrogen) atoms. The molecule has 0 aliphatic carbocycles. The average molecular weight is 622 g/mol. The lowest BCUT2D eigenvalue weighted by molar-refractivity contribution is -0.141. The molecule has 222 valence electrons. The van der Waals surface area contributed by atoms with E-state index in [4.69, 9.17) is 16.3 Å². The number of benzene rings is 2. The summed E-state index contributed by atoms with van der Waals surface area (Å²) < 4.78 is 73.8. The van der Waals surface area contributed by atoms with E-state index in [0.29, 0.717) is 34.7 Å². The number of ether oxygens (including phenoxy) is 1. The maximum atomic E-state index is 13.6. The van der Waals surface area contributed by atoms with E-state index >= 15 is 0 Å². The molecule has 2 aromatic carbocycles. The van der Waals surface area contributed by atoms with Gasteiger partial charge in [0.2, 0.25) is 20.9 Å². The van der Waals surface area contributed by atoms with Crippen molar-refractivity contribution < 1.29 is 31.1 Å². The van der Waals surface area contributed by atoms with Gasteiger partial charge in [0, 0.05) is 17.0 Å². The molecule has 0 atom stereocenters. The Bertz CT molecular complexity index is 1710. The Morgan fingerprint density at radius 1 is 1.07 bits per heavy atom. The number of halogens is 4. The van der Waals surface area contributed by atoms with Gasteiger partial charge in [-0.05, 0) is 56.2 Å². The van der Waals surface area contributed by atoms with Crippen molar-refractivity contribution in [3.63, 3.8) is 0 Å². The maximum Gasteiger partial charge on any atom is 0.433 e. The molecule has 4 aromatic rings. The van der Waals surface area contributed by atoms with E-state index in [1.807, 2.05) is 12.1 Å². The van der Waals surface area contributed by atoms with Crippen LogP contribution < -0.4 is 10.1 Å². The van der Waals surface area contributed by atoms with Crippen LogP contribution in [-0.2, 0) is 27.4 Å². The highest BCUT2D eigenvalue weighted by molar-refractivity contribution is 7.91. The van der Waals surface area contributed by atoms with Crippen molar-refractivity contribution in [2.75, 3.05) is 18.2 Å². The van der Waals surface area contributed by atoms with Gasteiger partial charge in [0.15, 0.2) is 0 Å². The van der Waals surface area contributed by atoms with Crippen LogP contribution in [0.1, 0.15) is 35.5 Å². The van der Waals surface area contributed by atoms with Gasteiger partial charge >= 0.3 is 6.18 Å². The third-order valence-corrected chi connectivity index (χ3v) is 8.18. The van der Waals surface area contributed by atoms with Crippen LogP contribution in [-0.4, -0.2) is 46.9 Å². The van der Waals surface area contributed by atoms with Crippen LogP contribution in [0.15, 0.2) is 59.8 Å². The Hall–Kier alpha value is -3.97. The van der Waals surface area contributed by atoms with Gasteiger partial charge < -0.3 is 10.1 Å². The lowest BCUT2D eigenvalue weighted by Crippen LogP contribution is -2.18. The highest BCUT2D eigenvalue weighted by Crippen LogP contribution is 2.34. The van der Waals surface area contributed by atoms with Crippen molar-refractivity contribution in [1.29, 1.82) is 0 Å². The number of methoxy groups -OCH3 is 1. The molecule has 0 saturated heterocycles. The van der Waals surface area contributed by atoms with Gasteiger partial charge in [-0.3, -0.25) is 9.48 Å². The molecule has 0 spiro atoms. The molecule has 4 rings (SSSR count). The van der Waals surface area contributed by atoms with E-state index in [1.165, 1.54) is 19.2 Å². The number of nitrogens with zero attached hydrogens (tertiary/aromatic N) is 4. The molecule has 0 radical (unpaired) electrons. The van der Waals surface area contributed by atoms with Gasteiger partial charge in [-0.1, -0.05) is 35.9 Å². The van der Waals surface area contributed by atoms with E-state index in [2.05, 4.69) is 20.4 Å². The van der Waals surface area contributed by atoms with Crippen LogP contribution in [0.2, 0.25) is 5.02 Å². The molecule has 0 bridgehead atoms. The predicted octanol–water partition coefficient (Wildman–Crippen LogP) is 5.88. The number of carbonyl (C=O) groups excluding carboxylic acids is 1. The fourth-order valence-electron chi connectivity index (χ4n) is 4.21. The number of rotatable bonds is 10. The van der Waals surface area contributed by atoms with Crippen LogP contribution in [0.4, 0.5) is 18.9 Å². The van der Waals surface area contributed by atoms with Crippen LogP contribution in [0.25, 0.3) is 11.3 Å². The first kappa shape index (κ1) is 31.0. The molecular weight excluding hydrogens is 595 g/mol. The van der Waals surface area contributed by atoms with Crippen molar-refractivity contribution in [3.8, 4) is 17.0 Å². The number of para-hydroxylation sites is 1. The summed E-state index contributed by atoms with van der Waals surface area (Å²) in [6.07, 6.45) is -5.30. The second-order valence-corrected chi connectivity index (χ2v) is 11.9. The minimum Gasteiger partial charge on any atom is -0.496 e. The Morgan fingerprint density at radius 3 is 2.43 bits per heavy atom. The summed E-state index contributed by atoms with van der Waals surface area (Å²) in [5.41, 5.74) is 1.24. The third kappa shape index (κ3) is 7.26. The molecule has 2 aromatic heterocycles. The van der Waals surface area contributed by atoms with Gasteiger partial charge in [-0.15, -0.1) is 0 Å². The van der Waals surface area contributed by atoms with Crippen LogP contribution >= 0.6 is 11.6 Å². The number of sulfone groups is 1. The fourth-order valence-corrected chi connectivity index (χ4v) is 5.52. The summed E-state index contributed by atoms with van der Waals surface area (Å²) in [6, 6.07) is 14.1. The number of hydrogen-bond acceptors (Lipinski definition) is 7. The minimum atomic E-state index is -4.92. The normalized spacial score (nSPS) is 11.9. The topological polar surface area (TPSA) is 116 Å². The number of amides is 1. The molecule has 0 unspecified atom stereocenters. The molecule has 0 aliphatic rings. The highest BCUT2D eigenvalue weighted by Gasteiger charge is 2.35. The summed E-state index contributed by atoms with van der Waals surface area (Å²) in [5, 5.41) is 6.86. The first-order valence-corrected chi connectivity index (χ1v) is 14.7. The lowest BCUT2D eigenvalue weighted by Gasteiger charge is -2.13. The van der Waals surface area contributed by atoms with Crippen LogP contribution in [0, 0.1) is 13.8 Å². The predicted molar refractivity (Wildman–Crippen MR) is 151 cm³/mol. The molecule has 1 amide bonds. The quantitative estimate of drug-likeness (QED) is 0.220. The molecule has 0 aliphatic heterocycles. The Labute approximate surface area is 245 Å². The maximum absolute atomic E-state index is 13.6. The summed E-state index contributed by atoms with van der Waals surface area (Å²) in [6.45, 7) is 3.97. The Morgan fingerprint density at radius 2 is 1.76 bits per heavy atom. The molecule has 0 fully saturated rings. The lowest BCUT2D eigenvalue weighted by atomic mass is 10.1. The van der Waals surface area contributed by atoms with E-state index in [-0.39, 0.29) is 29.8 Å². The minimum absolute atomic E-state index is 0.172. The number of alkyl halides is 3. The standard InChI is InChI=1S/C28H27ClF3N5O4S/c1-17-26(18(2)37(36-17)16-19-10-12-20(29)13-11-19)35-25(38)9-6-14-42(39,40)27-33-22(15-24(34-27)28(30,31)32)21-7-4-5-8-23(21)41-3/h4-5,7-8,10-13,15H,6,9,14,16H2,1-3H3,(H,35,38). The molecule has 0 saturated carbocycles. The zero-order chi connectivity index (χ0) is 30.7. The third-order valence-electron chi connectivity index (χ3n) is 6.37. The van der Waals surface area contributed by atoms with Crippen molar-refractivity contribution in [3.05, 3.63) is 82.3 Å². The van der Waals surface area contributed by atoms with Gasteiger partial charge in [0.1, 0.15) is 11.4 Å². The summed E-state index contributed by atoms with van der Waals surface area (Å²) in [5.74, 6) is -0.894. The van der Waals surface area contributed by atoms with Gasteiger partial charge in [-0.25, -0.2) is 18.4 Å².